The normalized spacial score (nSPS) is 14.9. The average molecular weight is 301 g/mol. The molecule has 0 aliphatic heterocycles. The van der Waals surface area contributed by atoms with Crippen LogP contribution in [0, 0.1) is 0 Å². The van der Waals surface area contributed by atoms with Crippen LogP contribution in [0.15, 0.2) is 0 Å². The molecule has 0 heterocycles. The molecule has 1 saturated carbocycles. The summed E-state index contributed by atoms with van der Waals surface area (Å²) in [5.41, 5.74) is 0. The number of rotatable bonds is 9. The molecule has 1 atom stereocenters. The highest BCUT2D eigenvalue weighted by molar-refractivity contribution is 5.83. The van der Waals surface area contributed by atoms with Crippen molar-refractivity contribution in [3.63, 3.8) is 0 Å². The second kappa shape index (κ2) is 8.08. The minimum Gasteiger partial charge on any atom is -0.481 e. The van der Waals surface area contributed by atoms with E-state index in [4.69, 9.17) is 10.2 Å². The highest BCUT2D eigenvalue weighted by Gasteiger charge is 2.23. The van der Waals surface area contributed by atoms with Gasteiger partial charge in [-0.05, 0) is 19.3 Å². The fourth-order valence-corrected chi connectivity index (χ4v) is 1.55. The first-order valence-corrected chi connectivity index (χ1v) is 6.67. The number of aliphatic carboxylic acids is 2. The Morgan fingerprint density at radius 1 is 1.10 bits per heavy atom. The third kappa shape index (κ3) is 7.75. The van der Waals surface area contributed by atoms with E-state index < -0.39 is 24.0 Å². The van der Waals surface area contributed by atoms with Gasteiger partial charge in [-0.3, -0.25) is 9.59 Å². The van der Waals surface area contributed by atoms with Crippen molar-refractivity contribution < 1.29 is 29.4 Å². The monoisotopic (exact) mass is 301 g/mol. The Balaban J connectivity index is 2.20. The van der Waals surface area contributed by atoms with Crippen molar-refractivity contribution in [2.75, 3.05) is 6.54 Å². The summed E-state index contributed by atoms with van der Waals surface area (Å²) in [5, 5.41) is 24.6. The van der Waals surface area contributed by atoms with E-state index in [1.165, 1.54) is 0 Å². The molecular weight excluding hydrogens is 282 g/mol. The number of carbonyl (C=O) groups excluding carboxylic acids is 2. The van der Waals surface area contributed by atoms with Gasteiger partial charge in [-0.15, -0.1) is 0 Å². The first-order valence-electron chi connectivity index (χ1n) is 6.67. The zero-order chi connectivity index (χ0) is 15.8. The number of nitrogens with one attached hydrogen (secondary N) is 3. The van der Waals surface area contributed by atoms with Crippen LogP contribution in [0.2, 0.25) is 0 Å². The van der Waals surface area contributed by atoms with E-state index in [1.807, 2.05) is 0 Å². The molecule has 1 aliphatic rings. The summed E-state index contributed by atoms with van der Waals surface area (Å²) in [7, 11) is 0. The molecule has 0 saturated heterocycles. The summed E-state index contributed by atoms with van der Waals surface area (Å²) in [6.07, 6.45) is 1.49. The number of carboxylic acids is 2. The van der Waals surface area contributed by atoms with E-state index in [1.54, 1.807) is 0 Å². The molecule has 0 bridgehead atoms. The molecule has 9 nitrogen and oxygen atoms in total. The van der Waals surface area contributed by atoms with Crippen molar-refractivity contribution in [1.29, 1.82) is 0 Å². The van der Waals surface area contributed by atoms with Crippen LogP contribution in [0.5, 0.6) is 0 Å². The molecule has 9 heteroatoms. The highest BCUT2D eigenvalue weighted by atomic mass is 16.4. The minimum atomic E-state index is -1.31. The van der Waals surface area contributed by atoms with Crippen LogP contribution >= 0.6 is 0 Å². The van der Waals surface area contributed by atoms with Gasteiger partial charge in [-0.1, -0.05) is 0 Å². The van der Waals surface area contributed by atoms with Crippen molar-refractivity contribution in [3.05, 3.63) is 0 Å². The maximum absolute atomic E-state index is 11.5. The van der Waals surface area contributed by atoms with Gasteiger partial charge in [0, 0.05) is 25.4 Å². The van der Waals surface area contributed by atoms with Crippen molar-refractivity contribution in [1.82, 2.24) is 16.0 Å². The highest BCUT2D eigenvalue weighted by Crippen LogP contribution is 2.18. The lowest BCUT2D eigenvalue weighted by Gasteiger charge is -2.14. The molecule has 0 aromatic carbocycles. The molecular formula is C12H19N3O6. The Morgan fingerprint density at radius 2 is 1.76 bits per heavy atom. The number of carbonyl (C=O) groups is 4. The van der Waals surface area contributed by atoms with Crippen molar-refractivity contribution in [2.45, 2.75) is 44.2 Å². The molecule has 1 fully saturated rings. The van der Waals surface area contributed by atoms with Gasteiger partial charge in [0.1, 0.15) is 6.04 Å². The number of hydrogen-bond acceptors (Lipinski definition) is 4. The lowest BCUT2D eigenvalue weighted by atomic mass is 10.1. The van der Waals surface area contributed by atoms with Gasteiger partial charge in [-0.2, -0.15) is 0 Å². The second-order valence-electron chi connectivity index (χ2n) is 4.82. The Bertz CT molecular complexity index is 421. The summed E-state index contributed by atoms with van der Waals surface area (Å²) in [4.78, 5) is 44.0. The van der Waals surface area contributed by atoms with E-state index >= 15 is 0 Å². The zero-order valence-corrected chi connectivity index (χ0v) is 11.4. The van der Waals surface area contributed by atoms with Gasteiger partial charge >= 0.3 is 18.0 Å². The van der Waals surface area contributed by atoms with E-state index in [0.29, 0.717) is 0 Å². The molecule has 1 aliphatic carbocycles. The van der Waals surface area contributed by atoms with Crippen LogP contribution in [-0.2, 0) is 14.4 Å². The van der Waals surface area contributed by atoms with E-state index in [-0.39, 0.29) is 37.8 Å². The van der Waals surface area contributed by atoms with Crippen molar-refractivity contribution >= 4 is 23.9 Å². The Morgan fingerprint density at radius 3 is 2.29 bits per heavy atom. The molecule has 0 aromatic heterocycles. The second-order valence-corrected chi connectivity index (χ2v) is 4.82. The first kappa shape index (κ1) is 16.7. The average Bonchev–Trinajstić information content (AvgIpc) is 3.17. The van der Waals surface area contributed by atoms with E-state index in [2.05, 4.69) is 16.0 Å². The van der Waals surface area contributed by atoms with Gasteiger partial charge in [0.2, 0.25) is 5.91 Å². The lowest BCUT2D eigenvalue weighted by Crippen LogP contribution is -2.46. The summed E-state index contributed by atoms with van der Waals surface area (Å²) in [5.74, 6) is -2.61. The SMILES string of the molecule is O=C(O)CCC(NC(=O)NCCC(=O)NC1CC1)C(=O)O. The molecule has 0 aromatic rings. The Hall–Kier alpha value is -2.32. The van der Waals surface area contributed by atoms with Crippen molar-refractivity contribution in [2.24, 2.45) is 0 Å². The summed E-state index contributed by atoms with van der Waals surface area (Å²) < 4.78 is 0. The Kier molecular flexibility index (Phi) is 6.44. The fourth-order valence-electron chi connectivity index (χ4n) is 1.55. The van der Waals surface area contributed by atoms with Gasteiger partial charge in [-0.25, -0.2) is 9.59 Å². The first-order chi connectivity index (χ1) is 9.88. The lowest BCUT2D eigenvalue weighted by molar-refractivity contribution is -0.140. The molecule has 21 heavy (non-hydrogen) atoms. The van der Waals surface area contributed by atoms with Crippen LogP contribution in [-0.4, -0.2) is 52.7 Å². The van der Waals surface area contributed by atoms with Crippen LogP contribution in [0.25, 0.3) is 0 Å². The molecule has 0 spiro atoms. The number of amides is 3. The molecule has 5 N–H and O–H groups in total. The molecule has 0 radical (unpaired) electrons. The molecule has 118 valence electrons. The predicted molar refractivity (Wildman–Crippen MR) is 70.6 cm³/mol. The number of urea groups is 1. The van der Waals surface area contributed by atoms with Crippen LogP contribution < -0.4 is 16.0 Å². The Labute approximate surface area is 121 Å². The standard InChI is InChI=1S/C12H19N3O6/c16-9(14-7-1-2-7)5-6-13-12(21)15-8(11(19)20)3-4-10(17)18/h7-8H,1-6H2,(H,14,16)(H,17,18)(H,19,20)(H2,13,15,21). The topological polar surface area (TPSA) is 145 Å². The maximum Gasteiger partial charge on any atom is 0.326 e. The van der Waals surface area contributed by atoms with Crippen molar-refractivity contribution in [3.8, 4) is 0 Å². The molecule has 3 amide bonds. The van der Waals surface area contributed by atoms with Crippen LogP contribution in [0.3, 0.4) is 0 Å². The van der Waals surface area contributed by atoms with Crippen LogP contribution in [0.1, 0.15) is 32.1 Å². The molecule has 1 unspecified atom stereocenters. The minimum absolute atomic E-state index is 0.0790. The van der Waals surface area contributed by atoms with Gasteiger partial charge < -0.3 is 26.2 Å². The third-order valence-electron chi connectivity index (χ3n) is 2.83. The van der Waals surface area contributed by atoms with E-state index in [9.17, 15) is 19.2 Å². The number of carboxylic acid groups (broad SMARTS) is 2. The maximum atomic E-state index is 11.5. The van der Waals surface area contributed by atoms with E-state index in [0.717, 1.165) is 12.8 Å². The third-order valence-corrected chi connectivity index (χ3v) is 2.83. The predicted octanol–water partition coefficient (Wildman–Crippen LogP) is -0.728. The largest absolute Gasteiger partial charge is 0.481 e. The van der Waals surface area contributed by atoms with Crippen LogP contribution in [0.4, 0.5) is 4.79 Å². The fraction of sp³-hybridized carbons (Fsp3) is 0.667. The smallest absolute Gasteiger partial charge is 0.326 e. The van der Waals surface area contributed by atoms with Gasteiger partial charge in [0.05, 0.1) is 0 Å². The summed E-state index contributed by atoms with van der Waals surface area (Å²) >= 11 is 0. The summed E-state index contributed by atoms with van der Waals surface area (Å²) in [6, 6.07) is -1.77. The van der Waals surface area contributed by atoms with Gasteiger partial charge in [0.25, 0.3) is 0 Å². The zero-order valence-electron chi connectivity index (χ0n) is 11.4. The number of hydrogen-bond donors (Lipinski definition) is 5. The van der Waals surface area contributed by atoms with Gasteiger partial charge in [0.15, 0.2) is 0 Å². The molecule has 1 rings (SSSR count). The summed E-state index contributed by atoms with van der Waals surface area (Å²) in [6.45, 7) is 0.0790. The quantitative estimate of drug-likeness (QED) is 0.380.